The molecule has 3 nitrogen and oxygen atoms in total. The molecule has 0 saturated heterocycles. The Morgan fingerprint density at radius 2 is 2.20 bits per heavy atom. The number of hydrogen-bond acceptors (Lipinski definition) is 3. The molecule has 0 amide bonds. The van der Waals surface area contributed by atoms with Crippen LogP contribution in [0.15, 0.2) is 29.4 Å². The molecule has 0 fully saturated rings. The first-order valence-electron chi connectivity index (χ1n) is 5.39. The van der Waals surface area contributed by atoms with Crippen molar-refractivity contribution in [3.63, 3.8) is 0 Å². The first kappa shape index (κ1) is 10.1. The fraction of sp³-hybridized carbons (Fsp3) is 0.500. The van der Waals surface area contributed by atoms with Crippen LogP contribution in [-0.4, -0.2) is 35.4 Å². The van der Waals surface area contributed by atoms with E-state index >= 15 is 0 Å². The van der Waals surface area contributed by atoms with Crippen LogP contribution >= 0.6 is 0 Å². The van der Waals surface area contributed by atoms with Gasteiger partial charge in [-0.2, -0.15) is 0 Å². The predicted octanol–water partition coefficient (Wildman–Crippen LogP) is 1.80. The number of aliphatic imine (C=N–C) groups is 1. The van der Waals surface area contributed by atoms with Gasteiger partial charge in [-0.1, -0.05) is 19.9 Å². The van der Waals surface area contributed by atoms with Crippen LogP contribution in [0.1, 0.15) is 19.5 Å². The van der Waals surface area contributed by atoms with Gasteiger partial charge in [0, 0.05) is 13.2 Å². The molecule has 3 heteroatoms. The largest absolute Gasteiger partial charge is 0.353 e. The highest BCUT2D eigenvalue weighted by Crippen LogP contribution is 2.18. The Balaban J connectivity index is 2.20. The van der Waals surface area contributed by atoms with Crippen LogP contribution in [0.5, 0.6) is 0 Å². The van der Waals surface area contributed by atoms with E-state index in [2.05, 4.69) is 35.8 Å². The summed E-state index contributed by atoms with van der Waals surface area (Å²) in [6, 6.07) is 6.46. The average Bonchev–Trinajstić information content (AvgIpc) is 2.61. The van der Waals surface area contributed by atoms with Crippen LogP contribution in [0, 0.1) is 5.92 Å². The second-order valence-electron chi connectivity index (χ2n) is 4.30. The minimum absolute atomic E-state index is 0.516. The van der Waals surface area contributed by atoms with Crippen LogP contribution in [0.3, 0.4) is 0 Å². The van der Waals surface area contributed by atoms with Crippen molar-refractivity contribution in [2.24, 2.45) is 10.9 Å². The molecule has 80 valence electrons. The van der Waals surface area contributed by atoms with E-state index < -0.39 is 0 Å². The maximum atomic E-state index is 4.57. The van der Waals surface area contributed by atoms with E-state index in [1.165, 1.54) is 0 Å². The Labute approximate surface area is 90.9 Å². The Bertz CT molecular complexity index is 356. The van der Waals surface area contributed by atoms with Crippen molar-refractivity contribution in [3.8, 4) is 0 Å². The normalized spacial score (nSPS) is 20.9. The van der Waals surface area contributed by atoms with Gasteiger partial charge < -0.3 is 4.90 Å². The number of nitrogens with zero attached hydrogens (tertiary/aromatic N) is 3. The molecule has 15 heavy (non-hydrogen) atoms. The van der Waals surface area contributed by atoms with E-state index in [0.29, 0.717) is 12.0 Å². The fourth-order valence-corrected chi connectivity index (χ4v) is 1.99. The zero-order valence-electron chi connectivity index (χ0n) is 9.51. The molecular formula is C12H17N3. The van der Waals surface area contributed by atoms with Gasteiger partial charge >= 0.3 is 0 Å². The molecule has 2 rings (SSSR count). The maximum Gasteiger partial charge on any atom is 0.150 e. The van der Waals surface area contributed by atoms with E-state index in [-0.39, 0.29) is 0 Å². The molecule has 0 radical (unpaired) electrons. The van der Waals surface area contributed by atoms with E-state index in [4.69, 9.17) is 0 Å². The number of rotatable bonds is 2. The number of aromatic nitrogens is 1. The standard InChI is InChI=1S/C12H17N3/c1-9(2)11-8-14-12(15(11)3)10-6-4-5-7-13-10/h4-7,9,11H,8H2,1-3H3. The van der Waals surface area contributed by atoms with Crippen molar-refractivity contribution < 1.29 is 0 Å². The third-order valence-corrected chi connectivity index (χ3v) is 2.92. The molecule has 0 N–H and O–H groups in total. The minimum atomic E-state index is 0.516. The van der Waals surface area contributed by atoms with E-state index in [1.54, 1.807) is 0 Å². The molecule has 0 spiro atoms. The van der Waals surface area contributed by atoms with Gasteiger partial charge in [0.2, 0.25) is 0 Å². The minimum Gasteiger partial charge on any atom is -0.353 e. The summed E-state index contributed by atoms with van der Waals surface area (Å²) in [6.07, 6.45) is 1.81. The highest BCUT2D eigenvalue weighted by Gasteiger charge is 2.27. The number of pyridine rings is 1. The van der Waals surface area contributed by atoms with Crippen LogP contribution in [0.25, 0.3) is 0 Å². The molecule has 1 aromatic rings. The molecule has 0 bridgehead atoms. The second-order valence-corrected chi connectivity index (χ2v) is 4.30. The Morgan fingerprint density at radius 3 is 2.73 bits per heavy atom. The first-order valence-corrected chi connectivity index (χ1v) is 5.39. The van der Waals surface area contributed by atoms with Gasteiger partial charge in [0.25, 0.3) is 0 Å². The van der Waals surface area contributed by atoms with E-state index in [1.807, 2.05) is 24.4 Å². The lowest BCUT2D eigenvalue weighted by molar-refractivity contribution is 0.318. The molecule has 1 aliphatic rings. The highest BCUT2D eigenvalue weighted by molar-refractivity contribution is 5.98. The average molecular weight is 203 g/mol. The van der Waals surface area contributed by atoms with Crippen LogP contribution < -0.4 is 0 Å². The van der Waals surface area contributed by atoms with Gasteiger partial charge in [0.05, 0.1) is 12.6 Å². The Kier molecular flexibility index (Phi) is 2.71. The van der Waals surface area contributed by atoms with Crippen LogP contribution in [-0.2, 0) is 0 Å². The molecule has 1 aromatic heterocycles. The lowest BCUT2D eigenvalue weighted by Gasteiger charge is -2.25. The summed E-state index contributed by atoms with van der Waals surface area (Å²) >= 11 is 0. The summed E-state index contributed by atoms with van der Waals surface area (Å²) in [6.45, 7) is 5.36. The summed E-state index contributed by atoms with van der Waals surface area (Å²) < 4.78 is 0. The number of amidine groups is 1. The van der Waals surface area contributed by atoms with Crippen molar-refractivity contribution in [1.82, 2.24) is 9.88 Å². The molecule has 0 aromatic carbocycles. The van der Waals surface area contributed by atoms with Crippen molar-refractivity contribution >= 4 is 5.84 Å². The van der Waals surface area contributed by atoms with Gasteiger partial charge in [-0.05, 0) is 18.1 Å². The summed E-state index contributed by atoms with van der Waals surface area (Å²) in [5, 5.41) is 0. The van der Waals surface area contributed by atoms with Gasteiger partial charge in [-0.3, -0.25) is 9.98 Å². The molecule has 0 saturated carbocycles. The van der Waals surface area contributed by atoms with E-state index in [0.717, 1.165) is 18.1 Å². The smallest absolute Gasteiger partial charge is 0.150 e. The van der Waals surface area contributed by atoms with Gasteiger partial charge in [-0.15, -0.1) is 0 Å². The molecular weight excluding hydrogens is 186 g/mol. The Morgan fingerprint density at radius 1 is 1.40 bits per heavy atom. The van der Waals surface area contributed by atoms with Gasteiger partial charge in [-0.25, -0.2) is 0 Å². The monoisotopic (exact) mass is 203 g/mol. The maximum absolute atomic E-state index is 4.57. The molecule has 1 aliphatic heterocycles. The summed E-state index contributed by atoms with van der Waals surface area (Å²) in [5.74, 6) is 1.65. The van der Waals surface area contributed by atoms with Gasteiger partial charge in [0.1, 0.15) is 11.5 Å². The quantitative estimate of drug-likeness (QED) is 0.733. The zero-order valence-corrected chi connectivity index (χ0v) is 9.51. The SMILES string of the molecule is CC(C)C1CN=C(c2ccccn2)N1C. The lowest BCUT2D eigenvalue weighted by atomic mass is 10.0. The van der Waals surface area contributed by atoms with Crippen molar-refractivity contribution in [2.45, 2.75) is 19.9 Å². The highest BCUT2D eigenvalue weighted by atomic mass is 15.3. The predicted molar refractivity (Wildman–Crippen MR) is 62.0 cm³/mol. The number of likely N-dealkylation sites (N-methyl/N-ethyl adjacent to an activating group) is 1. The van der Waals surface area contributed by atoms with Crippen LogP contribution in [0.2, 0.25) is 0 Å². The molecule has 2 heterocycles. The third kappa shape index (κ3) is 1.87. The number of hydrogen-bond donors (Lipinski definition) is 0. The molecule has 0 aliphatic carbocycles. The Hall–Kier alpha value is -1.38. The topological polar surface area (TPSA) is 28.5 Å². The first-order chi connectivity index (χ1) is 7.20. The lowest BCUT2D eigenvalue weighted by Crippen LogP contribution is -2.37. The van der Waals surface area contributed by atoms with E-state index in [9.17, 15) is 0 Å². The zero-order chi connectivity index (χ0) is 10.8. The fourth-order valence-electron chi connectivity index (χ4n) is 1.99. The summed E-state index contributed by atoms with van der Waals surface area (Å²) in [4.78, 5) is 11.1. The summed E-state index contributed by atoms with van der Waals surface area (Å²) in [7, 11) is 2.10. The van der Waals surface area contributed by atoms with Gasteiger partial charge in [0.15, 0.2) is 0 Å². The molecule has 1 atom stereocenters. The molecule has 1 unspecified atom stereocenters. The summed E-state index contributed by atoms with van der Waals surface area (Å²) in [5.41, 5.74) is 0.975. The van der Waals surface area contributed by atoms with Crippen molar-refractivity contribution in [2.75, 3.05) is 13.6 Å². The second kappa shape index (κ2) is 4.01. The van der Waals surface area contributed by atoms with Crippen molar-refractivity contribution in [3.05, 3.63) is 30.1 Å². The van der Waals surface area contributed by atoms with Crippen molar-refractivity contribution in [1.29, 1.82) is 0 Å². The van der Waals surface area contributed by atoms with Crippen LogP contribution in [0.4, 0.5) is 0 Å². The third-order valence-electron chi connectivity index (χ3n) is 2.92.